The minimum absolute atomic E-state index is 0.0613. The van der Waals surface area contributed by atoms with Crippen LogP contribution in [0.25, 0.3) is 0 Å². The first-order valence-corrected chi connectivity index (χ1v) is 12.5. The van der Waals surface area contributed by atoms with Crippen molar-refractivity contribution in [3.8, 4) is 0 Å². The number of rotatable bonds is 12. The molecule has 1 aliphatic heterocycles. The monoisotopic (exact) mass is 488 g/mol. The van der Waals surface area contributed by atoms with Crippen LogP contribution >= 0.6 is 0 Å². The molecule has 0 aliphatic carbocycles. The highest BCUT2D eigenvalue weighted by atomic mass is 16.4. The van der Waals surface area contributed by atoms with Crippen LogP contribution in [0.1, 0.15) is 58.9 Å². The minimum Gasteiger partial charge on any atom is -0.480 e. The van der Waals surface area contributed by atoms with E-state index < -0.39 is 47.9 Å². The molecule has 5 N–H and O–H groups in total. The zero-order chi connectivity index (χ0) is 26.1. The van der Waals surface area contributed by atoms with Gasteiger partial charge < -0.3 is 26.4 Å². The molecule has 0 radical (unpaired) electrons. The molecule has 0 aromatic heterocycles. The number of hydrogen-bond acceptors (Lipinski definition) is 5. The highest BCUT2D eigenvalue weighted by Gasteiger charge is 2.38. The number of benzene rings is 1. The van der Waals surface area contributed by atoms with E-state index in [9.17, 15) is 24.3 Å². The summed E-state index contributed by atoms with van der Waals surface area (Å²) in [5, 5.41) is 15.1. The number of hydrogen-bond donors (Lipinski definition) is 4. The Balaban J connectivity index is 2.24. The lowest BCUT2D eigenvalue weighted by Crippen LogP contribution is -2.58. The Morgan fingerprint density at radius 3 is 2.26 bits per heavy atom. The van der Waals surface area contributed by atoms with E-state index in [1.165, 1.54) is 4.90 Å². The second-order valence-electron chi connectivity index (χ2n) is 9.88. The van der Waals surface area contributed by atoms with Gasteiger partial charge in [-0.25, -0.2) is 4.79 Å². The van der Waals surface area contributed by atoms with Crippen LogP contribution in [0.4, 0.5) is 0 Å². The summed E-state index contributed by atoms with van der Waals surface area (Å²) in [6, 6.07) is 5.81. The van der Waals surface area contributed by atoms with Crippen molar-refractivity contribution >= 4 is 23.7 Å². The van der Waals surface area contributed by atoms with Gasteiger partial charge in [0.2, 0.25) is 17.7 Å². The minimum atomic E-state index is -1.04. The molecular formula is C26H40N4O5. The van der Waals surface area contributed by atoms with Gasteiger partial charge in [-0.2, -0.15) is 0 Å². The maximum Gasteiger partial charge on any atom is 0.326 e. The molecule has 1 aliphatic rings. The molecule has 5 unspecified atom stereocenters. The topological polar surface area (TPSA) is 142 Å². The highest BCUT2D eigenvalue weighted by molar-refractivity contribution is 5.94. The zero-order valence-corrected chi connectivity index (χ0v) is 21.2. The molecule has 0 bridgehead atoms. The summed E-state index contributed by atoms with van der Waals surface area (Å²) in [4.78, 5) is 52.5. The maximum absolute atomic E-state index is 13.4. The van der Waals surface area contributed by atoms with Crippen molar-refractivity contribution in [2.45, 2.75) is 84.0 Å². The molecule has 3 amide bonds. The number of amides is 3. The summed E-state index contributed by atoms with van der Waals surface area (Å²) in [7, 11) is 0. The third-order valence-corrected chi connectivity index (χ3v) is 6.62. The second-order valence-corrected chi connectivity index (χ2v) is 9.88. The zero-order valence-electron chi connectivity index (χ0n) is 21.2. The van der Waals surface area contributed by atoms with Gasteiger partial charge in [0, 0.05) is 13.0 Å². The van der Waals surface area contributed by atoms with Gasteiger partial charge in [0.1, 0.15) is 18.1 Å². The largest absolute Gasteiger partial charge is 0.480 e. The highest BCUT2D eigenvalue weighted by Crippen LogP contribution is 2.20. The Morgan fingerprint density at radius 1 is 1.06 bits per heavy atom. The lowest BCUT2D eigenvalue weighted by molar-refractivity contribution is -0.149. The van der Waals surface area contributed by atoms with Gasteiger partial charge in [-0.15, -0.1) is 0 Å². The van der Waals surface area contributed by atoms with Crippen molar-refractivity contribution in [2.75, 3.05) is 6.54 Å². The quantitative estimate of drug-likeness (QED) is 0.353. The molecular weight excluding hydrogens is 448 g/mol. The first-order valence-electron chi connectivity index (χ1n) is 12.5. The van der Waals surface area contributed by atoms with Crippen molar-refractivity contribution in [3.05, 3.63) is 35.9 Å². The van der Waals surface area contributed by atoms with E-state index in [2.05, 4.69) is 10.6 Å². The number of carboxylic acid groups (broad SMARTS) is 1. The average molecular weight is 489 g/mol. The van der Waals surface area contributed by atoms with Crippen LogP contribution in [0, 0.1) is 11.8 Å². The summed E-state index contributed by atoms with van der Waals surface area (Å²) in [6.45, 7) is 8.02. The maximum atomic E-state index is 13.4. The standard InChI is InChI=1S/C26H40N4O5/c1-5-17(4)22(27)24(32)28-19(15-18-10-7-6-8-11-18)23(31)29-20(14-16(2)3)25(33)30-13-9-12-21(30)26(34)35/h6-8,10-11,16-17,19-22H,5,9,12-15,27H2,1-4H3,(H,28,32)(H,29,31)(H,34,35). The number of likely N-dealkylation sites (tertiary alicyclic amines) is 1. The van der Waals surface area contributed by atoms with Crippen molar-refractivity contribution in [1.29, 1.82) is 0 Å². The van der Waals surface area contributed by atoms with Crippen LogP contribution in [0.2, 0.25) is 0 Å². The van der Waals surface area contributed by atoms with Crippen molar-refractivity contribution in [2.24, 2.45) is 17.6 Å². The first kappa shape index (κ1) is 28.3. The Morgan fingerprint density at radius 2 is 1.69 bits per heavy atom. The van der Waals surface area contributed by atoms with Crippen LogP contribution in [0.15, 0.2) is 30.3 Å². The second kappa shape index (κ2) is 13.2. The third-order valence-electron chi connectivity index (χ3n) is 6.62. The summed E-state index contributed by atoms with van der Waals surface area (Å²) < 4.78 is 0. The van der Waals surface area contributed by atoms with E-state index in [4.69, 9.17) is 5.73 Å². The van der Waals surface area contributed by atoms with Gasteiger partial charge in [0.25, 0.3) is 0 Å². The van der Waals surface area contributed by atoms with E-state index in [0.717, 1.165) is 12.0 Å². The van der Waals surface area contributed by atoms with Crippen LogP contribution in [-0.4, -0.2) is 64.4 Å². The summed E-state index contributed by atoms with van der Waals surface area (Å²) >= 11 is 0. The van der Waals surface area contributed by atoms with Gasteiger partial charge >= 0.3 is 5.97 Å². The van der Waals surface area contributed by atoms with Gasteiger partial charge in [-0.05, 0) is 36.7 Å². The molecule has 1 heterocycles. The van der Waals surface area contributed by atoms with Crippen molar-refractivity contribution < 1.29 is 24.3 Å². The fourth-order valence-corrected chi connectivity index (χ4v) is 4.29. The smallest absolute Gasteiger partial charge is 0.326 e. The molecule has 0 spiro atoms. The number of aliphatic carboxylic acids is 1. The Hall–Kier alpha value is -2.94. The number of nitrogens with one attached hydrogen (secondary N) is 2. The molecule has 35 heavy (non-hydrogen) atoms. The number of nitrogens with two attached hydrogens (primary N) is 1. The Bertz CT molecular complexity index is 876. The van der Waals surface area contributed by atoms with E-state index in [0.29, 0.717) is 25.8 Å². The average Bonchev–Trinajstić information content (AvgIpc) is 3.32. The molecule has 5 atom stereocenters. The Kier molecular flexibility index (Phi) is 10.7. The first-order chi connectivity index (χ1) is 16.5. The predicted molar refractivity (Wildman–Crippen MR) is 133 cm³/mol. The van der Waals surface area contributed by atoms with Crippen molar-refractivity contribution in [3.63, 3.8) is 0 Å². The fraction of sp³-hybridized carbons (Fsp3) is 0.615. The van der Waals surface area contributed by atoms with Gasteiger partial charge in [-0.1, -0.05) is 64.4 Å². The molecule has 1 aromatic carbocycles. The van der Waals surface area contributed by atoms with E-state index in [1.54, 1.807) is 0 Å². The van der Waals surface area contributed by atoms with Crippen LogP contribution < -0.4 is 16.4 Å². The molecule has 9 heteroatoms. The van der Waals surface area contributed by atoms with E-state index in [1.807, 2.05) is 58.0 Å². The number of carbonyl (C=O) groups excluding carboxylic acids is 3. The number of carbonyl (C=O) groups is 4. The molecule has 1 saturated heterocycles. The molecule has 1 fully saturated rings. The van der Waals surface area contributed by atoms with Crippen LogP contribution in [0.5, 0.6) is 0 Å². The lowest BCUT2D eigenvalue weighted by atomic mass is 9.97. The molecule has 9 nitrogen and oxygen atoms in total. The summed E-state index contributed by atoms with van der Waals surface area (Å²) in [5.41, 5.74) is 6.94. The Labute approximate surface area is 207 Å². The molecule has 194 valence electrons. The number of nitrogens with zero attached hydrogens (tertiary/aromatic N) is 1. The third kappa shape index (κ3) is 8.06. The van der Waals surface area contributed by atoms with Crippen molar-refractivity contribution in [1.82, 2.24) is 15.5 Å². The molecule has 1 aromatic rings. The predicted octanol–water partition coefficient (Wildman–Crippen LogP) is 1.69. The normalized spacial score (nSPS) is 19.0. The lowest BCUT2D eigenvalue weighted by Gasteiger charge is -2.30. The molecule has 2 rings (SSSR count). The van der Waals surface area contributed by atoms with Gasteiger partial charge in [0.05, 0.1) is 6.04 Å². The fourth-order valence-electron chi connectivity index (χ4n) is 4.29. The van der Waals surface area contributed by atoms with Crippen LogP contribution in [-0.2, 0) is 25.6 Å². The SMILES string of the molecule is CCC(C)C(N)C(=O)NC(Cc1ccccc1)C(=O)NC(CC(C)C)C(=O)N1CCCC1C(=O)O. The van der Waals surface area contributed by atoms with Gasteiger partial charge in [-0.3, -0.25) is 14.4 Å². The summed E-state index contributed by atoms with van der Waals surface area (Å²) in [5.74, 6) is -2.35. The molecule has 0 saturated carbocycles. The van der Waals surface area contributed by atoms with E-state index in [-0.39, 0.29) is 18.3 Å². The van der Waals surface area contributed by atoms with Crippen LogP contribution in [0.3, 0.4) is 0 Å². The van der Waals surface area contributed by atoms with Gasteiger partial charge in [0.15, 0.2) is 0 Å². The number of carboxylic acids is 1. The van der Waals surface area contributed by atoms with E-state index >= 15 is 0 Å². The summed E-state index contributed by atoms with van der Waals surface area (Å²) in [6.07, 6.45) is 2.30.